The van der Waals surface area contributed by atoms with Crippen molar-refractivity contribution in [1.82, 2.24) is 10.2 Å². The van der Waals surface area contributed by atoms with Gasteiger partial charge in [0.05, 0.1) is 13.2 Å². The van der Waals surface area contributed by atoms with Gasteiger partial charge in [0.25, 0.3) is 0 Å². The number of hydrogen-bond acceptors (Lipinski definition) is 4. The van der Waals surface area contributed by atoms with Gasteiger partial charge in [-0.25, -0.2) is 0 Å². The fourth-order valence-corrected chi connectivity index (χ4v) is 3.28. The Kier molecular flexibility index (Phi) is 5.63. The van der Waals surface area contributed by atoms with E-state index in [1.54, 1.807) is 0 Å². The Bertz CT molecular complexity index is 347. The zero-order chi connectivity index (χ0) is 12.8. The van der Waals surface area contributed by atoms with Crippen molar-refractivity contribution >= 4 is 11.3 Å². The monoisotopic (exact) mass is 268 g/mol. The molecule has 3 nitrogen and oxygen atoms in total. The van der Waals surface area contributed by atoms with Crippen LogP contribution in [0.5, 0.6) is 0 Å². The highest BCUT2D eigenvalue weighted by Crippen LogP contribution is 2.16. The van der Waals surface area contributed by atoms with Crippen molar-refractivity contribution in [3.05, 3.63) is 21.9 Å². The molecular formula is C14H24N2OS. The Labute approximate surface area is 114 Å². The van der Waals surface area contributed by atoms with Crippen molar-refractivity contribution in [1.29, 1.82) is 0 Å². The molecule has 0 spiro atoms. The summed E-state index contributed by atoms with van der Waals surface area (Å²) in [5, 5.41) is 3.61. The van der Waals surface area contributed by atoms with E-state index in [0.717, 1.165) is 45.8 Å². The summed E-state index contributed by atoms with van der Waals surface area (Å²) in [6.07, 6.45) is 1.14. The van der Waals surface area contributed by atoms with Crippen molar-refractivity contribution in [2.45, 2.75) is 26.3 Å². The molecule has 4 heteroatoms. The van der Waals surface area contributed by atoms with Crippen LogP contribution in [-0.4, -0.2) is 50.3 Å². The number of nitrogens with one attached hydrogen (secondary N) is 1. The van der Waals surface area contributed by atoms with Crippen LogP contribution in [-0.2, 0) is 11.2 Å². The minimum atomic E-state index is 0.559. The largest absolute Gasteiger partial charge is 0.379 e. The van der Waals surface area contributed by atoms with Gasteiger partial charge in [-0.2, -0.15) is 0 Å². The molecule has 1 aliphatic heterocycles. The van der Waals surface area contributed by atoms with Crippen LogP contribution in [0.15, 0.2) is 12.1 Å². The van der Waals surface area contributed by atoms with Gasteiger partial charge in [0.15, 0.2) is 0 Å². The van der Waals surface area contributed by atoms with Crippen LogP contribution >= 0.6 is 11.3 Å². The van der Waals surface area contributed by atoms with Crippen LogP contribution in [0.4, 0.5) is 0 Å². The standard InChI is InChI=1S/C14H24N2OS/c1-12(11-14-4-3-13(2)18-14)15-5-6-16-7-9-17-10-8-16/h3-4,12,15H,5-11H2,1-2H3. The molecule has 18 heavy (non-hydrogen) atoms. The first-order chi connectivity index (χ1) is 8.74. The van der Waals surface area contributed by atoms with E-state index in [2.05, 4.69) is 36.2 Å². The SMILES string of the molecule is Cc1ccc(CC(C)NCCN2CCOCC2)s1. The van der Waals surface area contributed by atoms with Crippen molar-refractivity contribution in [2.75, 3.05) is 39.4 Å². The van der Waals surface area contributed by atoms with Gasteiger partial charge >= 0.3 is 0 Å². The minimum Gasteiger partial charge on any atom is -0.379 e. The van der Waals surface area contributed by atoms with Crippen molar-refractivity contribution in [3.63, 3.8) is 0 Å². The third kappa shape index (κ3) is 4.69. The van der Waals surface area contributed by atoms with Crippen LogP contribution in [0.3, 0.4) is 0 Å². The molecular weight excluding hydrogens is 244 g/mol. The van der Waals surface area contributed by atoms with Gasteiger partial charge in [0.2, 0.25) is 0 Å². The maximum atomic E-state index is 5.35. The summed E-state index contributed by atoms with van der Waals surface area (Å²) < 4.78 is 5.35. The molecule has 2 heterocycles. The highest BCUT2D eigenvalue weighted by Gasteiger charge is 2.10. The number of nitrogens with zero attached hydrogens (tertiary/aromatic N) is 1. The fraction of sp³-hybridized carbons (Fsp3) is 0.714. The van der Waals surface area contributed by atoms with Crippen LogP contribution < -0.4 is 5.32 Å². The van der Waals surface area contributed by atoms with E-state index in [-0.39, 0.29) is 0 Å². The molecule has 1 atom stereocenters. The molecule has 0 aromatic carbocycles. The van der Waals surface area contributed by atoms with Gasteiger partial charge in [-0.3, -0.25) is 4.90 Å². The third-order valence-electron chi connectivity index (χ3n) is 3.33. The van der Waals surface area contributed by atoms with Gasteiger partial charge in [-0.1, -0.05) is 0 Å². The smallest absolute Gasteiger partial charge is 0.0594 e. The summed E-state index contributed by atoms with van der Waals surface area (Å²) in [5.74, 6) is 0. The average molecular weight is 268 g/mol. The lowest BCUT2D eigenvalue weighted by Gasteiger charge is -2.27. The first-order valence-electron chi connectivity index (χ1n) is 6.83. The molecule has 0 aliphatic carbocycles. The van der Waals surface area contributed by atoms with Crippen LogP contribution in [0.1, 0.15) is 16.7 Å². The van der Waals surface area contributed by atoms with Crippen LogP contribution in [0.2, 0.25) is 0 Å². The summed E-state index contributed by atoms with van der Waals surface area (Å²) in [4.78, 5) is 5.36. The van der Waals surface area contributed by atoms with Gasteiger partial charge in [-0.15, -0.1) is 11.3 Å². The number of rotatable bonds is 6. The van der Waals surface area contributed by atoms with Crippen molar-refractivity contribution < 1.29 is 4.74 Å². The van der Waals surface area contributed by atoms with E-state index >= 15 is 0 Å². The zero-order valence-corrected chi connectivity index (χ0v) is 12.3. The molecule has 0 radical (unpaired) electrons. The van der Waals surface area contributed by atoms with Crippen LogP contribution in [0, 0.1) is 6.92 Å². The van der Waals surface area contributed by atoms with Gasteiger partial charge in [0, 0.05) is 42.0 Å². The molecule has 1 unspecified atom stereocenters. The summed E-state index contributed by atoms with van der Waals surface area (Å²) in [5.41, 5.74) is 0. The minimum absolute atomic E-state index is 0.559. The highest BCUT2D eigenvalue weighted by molar-refractivity contribution is 7.11. The first-order valence-corrected chi connectivity index (χ1v) is 7.64. The Balaban J connectivity index is 1.60. The van der Waals surface area contributed by atoms with E-state index in [4.69, 9.17) is 4.74 Å². The van der Waals surface area contributed by atoms with E-state index in [9.17, 15) is 0 Å². The molecule has 1 fully saturated rings. The predicted octanol–water partition coefficient (Wildman–Crippen LogP) is 1.91. The average Bonchev–Trinajstić information content (AvgIpc) is 2.76. The summed E-state index contributed by atoms with van der Waals surface area (Å²) in [6, 6.07) is 5.02. The molecule has 1 N–H and O–H groups in total. The summed E-state index contributed by atoms with van der Waals surface area (Å²) >= 11 is 1.91. The van der Waals surface area contributed by atoms with E-state index in [0.29, 0.717) is 6.04 Å². The zero-order valence-electron chi connectivity index (χ0n) is 11.4. The van der Waals surface area contributed by atoms with Crippen molar-refractivity contribution in [3.8, 4) is 0 Å². The second-order valence-corrected chi connectivity index (χ2v) is 6.40. The lowest BCUT2D eigenvalue weighted by Crippen LogP contribution is -2.42. The fourth-order valence-electron chi connectivity index (χ4n) is 2.26. The van der Waals surface area contributed by atoms with Crippen LogP contribution in [0.25, 0.3) is 0 Å². The highest BCUT2D eigenvalue weighted by atomic mass is 32.1. The predicted molar refractivity (Wildman–Crippen MR) is 77.5 cm³/mol. The Hall–Kier alpha value is -0.420. The molecule has 2 rings (SSSR count). The molecule has 0 saturated carbocycles. The Morgan fingerprint density at radius 3 is 2.83 bits per heavy atom. The lowest BCUT2D eigenvalue weighted by molar-refractivity contribution is 0.0382. The molecule has 102 valence electrons. The number of hydrogen-bond donors (Lipinski definition) is 1. The molecule has 1 saturated heterocycles. The number of morpholine rings is 1. The van der Waals surface area contributed by atoms with E-state index < -0.39 is 0 Å². The van der Waals surface area contributed by atoms with Gasteiger partial charge in [0.1, 0.15) is 0 Å². The Morgan fingerprint density at radius 2 is 2.17 bits per heavy atom. The maximum absolute atomic E-state index is 5.35. The van der Waals surface area contributed by atoms with Crippen molar-refractivity contribution in [2.24, 2.45) is 0 Å². The van der Waals surface area contributed by atoms with E-state index in [1.165, 1.54) is 9.75 Å². The Morgan fingerprint density at radius 1 is 1.39 bits per heavy atom. The summed E-state index contributed by atoms with van der Waals surface area (Å²) in [7, 11) is 0. The van der Waals surface area contributed by atoms with Gasteiger partial charge in [-0.05, 0) is 32.4 Å². The van der Waals surface area contributed by atoms with E-state index in [1.807, 2.05) is 11.3 Å². The normalized spacial score (nSPS) is 19.0. The number of ether oxygens (including phenoxy) is 1. The first kappa shape index (κ1) is 14.0. The second kappa shape index (κ2) is 7.24. The molecule has 1 aliphatic rings. The molecule has 0 amide bonds. The lowest BCUT2D eigenvalue weighted by atomic mass is 10.2. The number of thiophene rings is 1. The quantitative estimate of drug-likeness (QED) is 0.853. The number of aryl methyl sites for hydroxylation is 1. The molecule has 1 aromatic heterocycles. The summed E-state index contributed by atoms with van der Waals surface area (Å²) in [6.45, 7) is 10.6. The third-order valence-corrected chi connectivity index (χ3v) is 4.35. The molecule has 0 bridgehead atoms. The molecule has 1 aromatic rings. The van der Waals surface area contributed by atoms with Gasteiger partial charge < -0.3 is 10.1 Å². The maximum Gasteiger partial charge on any atom is 0.0594 e. The topological polar surface area (TPSA) is 24.5 Å². The second-order valence-electron chi connectivity index (χ2n) is 5.03.